The number of benzene rings is 1. The highest BCUT2D eigenvalue weighted by atomic mass is 14.2. The lowest BCUT2D eigenvalue weighted by molar-refractivity contribution is 0.796. The molecule has 0 spiro atoms. The molecule has 1 aliphatic carbocycles. The van der Waals surface area contributed by atoms with E-state index in [1.165, 1.54) is 22.3 Å². The molecule has 0 atom stereocenters. The van der Waals surface area contributed by atoms with Gasteiger partial charge in [0.1, 0.15) is 0 Å². The van der Waals surface area contributed by atoms with Crippen molar-refractivity contribution in [2.75, 3.05) is 0 Å². The SMILES string of the molecule is CC1=CC(C(C)C)=C(c2ccccc2)C1. The molecule has 1 aliphatic rings. The third kappa shape index (κ3) is 2.04. The van der Waals surface area contributed by atoms with Crippen LogP contribution in [0.15, 0.2) is 47.6 Å². The molecule has 0 saturated carbocycles. The summed E-state index contributed by atoms with van der Waals surface area (Å²) in [5, 5.41) is 0. The lowest BCUT2D eigenvalue weighted by Crippen LogP contribution is -1.92. The molecule has 2 rings (SSSR count). The summed E-state index contributed by atoms with van der Waals surface area (Å²) in [7, 11) is 0. The summed E-state index contributed by atoms with van der Waals surface area (Å²) in [6.45, 7) is 6.76. The van der Waals surface area contributed by atoms with Gasteiger partial charge < -0.3 is 0 Å². The van der Waals surface area contributed by atoms with Crippen molar-refractivity contribution in [1.29, 1.82) is 0 Å². The summed E-state index contributed by atoms with van der Waals surface area (Å²) in [6, 6.07) is 10.7. The first-order valence-corrected chi connectivity index (χ1v) is 5.64. The van der Waals surface area contributed by atoms with Crippen molar-refractivity contribution in [2.45, 2.75) is 27.2 Å². The zero-order valence-electron chi connectivity index (χ0n) is 9.75. The summed E-state index contributed by atoms with van der Waals surface area (Å²) < 4.78 is 0. The molecule has 0 bridgehead atoms. The zero-order chi connectivity index (χ0) is 10.8. The van der Waals surface area contributed by atoms with Gasteiger partial charge in [-0.1, -0.05) is 55.8 Å². The molecular weight excluding hydrogens is 180 g/mol. The fourth-order valence-corrected chi connectivity index (χ4v) is 2.21. The summed E-state index contributed by atoms with van der Waals surface area (Å²) in [5.74, 6) is 0.623. The second-order valence-corrected chi connectivity index (χ2v) is 4.62. The molecule has 0 unspecified atom stereocenters. The maximum Gasteiger partial charge on any atom is -0.00579 e. The van der Waals surface area contributed by atoms with Crippen LogP contribution in [0.4, 0.5) is 0 Å². The van der Waals surface area contributed by atoms with E-state index in [0.29, 0.717) is 5.92 Å². The van der Waals surface area contributed by atoms with Gasteiger partial charge in [-0.3, -0.25) is 0 Å². The molecule has 0 nitrogen and oxygen atoms in total. The quantitative estimate of drug-likeness (QED) is 0.658. The van der Waals surface area contributed by atoms with Gasteiger partial charge in [0.15, 0.2) is 0 Å². The third-order valence-electron chi connectivity index (χ3n) is 2.95. The van der Waals surface area contributed by atoms with Gasteiger partial charge in [0.2, 0.25) is 0 Å². The fraction of sp³-hybridized carbons (Fsp3) is 0.333. The fourth-order valence-electron chi connectivity index (χ4n) is 2.21. The summed E-state index contributed by atoms with van der Waals surface area (Å²) >= 11 is 0. The molecule has 0 amide bonds. The van der Waals surface area contributed by atoms with Gasteiger partial charge in [0, 0.05) is 0 Å². The van der Waals surface area contributed by atoms with Gasteiger partial charge in [-0.25, -0.2) is 0 Å². The lowest BCUT2D eigenvalue weighted by Gasteiger charge is -2.10. The standard InChI is InChI=1S/C15H18/c1-11(2)14-9-12(3)10-15(14)13-7-5-4-6-8-13/h4-9,11H,10H2,1-3H3. The molecule has 1 aromatic carbocycles. The Labute approximate surface area is 92.3 Å². The predicted molar refractivity (Wildman–Crippen MR) is 66.6 cm³/mol. The van der Waals surface area contributed by atoms with Crippen molar-refractivity contribution < 1.29 is 0 Å². The molecule has 0 saturated heterocycles. The van der Waals surface area contributed by atoms with Crippen molar-refractivity contribution in [3.63, 3.8) is 0 Å². The second kappa shape index (κ2) is 4.06. The van der Waals surface area contributed by atoms with Gasteiger partial charge in [-0.2, -0.15) is 0 Å². The van der Waals surface area contributed by atoms with Crippen LogP contribution in [0.2, 0.25) is 0 Å². The highest BCUT2D eigenvalue weighted by Crippen LogP contribution is 2.36. The lowest BCUT2D eigenvalue weighted by atomic mass is 9.95. The monoisotopic (exact) mass is 198 g/mol. The Morgan fingerprint density at radius 2 is 1.73 bits per heavy atom. The van der Waals surface area contributed by atoms with Gasteiger partial charge in [-0.15, -0.1) is 0 Å². The van der Waals surface area contributed by atoms with Gasteiger partial charge >= 0.3 is 0 Å². The van der Waals surface area contributed by atoms with Gasteiger partial charge in [0.25, 0.3) is 0 Å². The Hall–Kier alpha value is -1.30. The summed E-state index contributed by atoms with van der Waals surface area (Å²) in [4.78, 5) is 0. The van der Waals surface area contributed by atoms with Crippen LogP contribution in [-0.4, -0.2) is 0 Å². The predicted octanol–water partition coefficient (Wildman–Crippen LogP) is 4.45. The van der Waals surface area contributed by atoms with Crippen molar-refractivity contribution in [3.05, 3.63) is 53.1 Å². The van der Waals surface area contributed by atoms with Gasteiger partial charge in [0.05, 0.1) is 0 Å². The minimum absolute atomic E-state index is 0.623. The number of hydrogen-bond acceptors (Lipinski definition) is 0. The molecule has 0 aliphatic heterocycles. The first kappa shape index (κ1) is 10.2. The van der Waals surface area contributed by atoms with Crippen molar-refractivity contribution in [1.82, 2.24) is 0 Å². The maximum atomic E-state index is 2.35. The second-order valence-electron chi connectivity index (χ2n) is 4.62. The normalized spacial score (nSPS) is 16.1. The van der Waals surface area contributed by atoms with Crippen LogP contribution in [0.1, 0.15) is 32.8 Å². The number of allylic oxidation sites excluding steroid dienone is 4. The van der Waals surface area contributed by atoms with E-state index in [2.05, 4.69) is 57.2 Å². The molecule has 15 heavy (non-hydrogen) atoms. The first-order chi connectivity index (χ1) is 7.18. The minimum atomic E-state index is 0.623. The van der Waals surface area contributed by atoms with Crippen LogP contribution < -0.4 is 0 Å². The minimum Gasteiger partial charge on any atom is -0.0686 e. The molecule has 78 valence electrons. The molecule has 0 N–H and O–H groups in total. The molecule has 0 radical (unpaired) electrons. The first-order valence-electron chi connectivity index (χ1n) is 5.64. The molecule has 0 fully saturated rings. The van der Waals surface area contributed by atoms with E-state index >= 15 is 0 Å². The van der Waals surface area contributed by atoms with Gasteiger partial charge in [-0.05, 0) is 36.0 Å². The van der Waals surface area contributed by atoms with Crippen LogP contribution in [-0.2, 0) is 0 Å². The zero-order valence-corrected chi connectivity index (χ0v) is 9.75. The van der Waals surface area contributed by atoms with E-state index in [1.807, 2.05) is 0 Å². The van der Waals surface area contributed by atoms with Crippen molar-refractivity contribution in [2.24, 2.45) is 5.92 Å². The topological polar surface area (TPSA) is 0 Å². The van der Waals surface area contributed by atoms with Crippen molar-refractivity contribution in [3.8, 4) is 0 Å². The average molecular weight is 198 g/mol. The van der Waals surface area contributed by atoms with E-state index in [-0.39, 0.29) is 0 Å². The number of hydrogen-bond donors (Lipinski definition) is 0. The van der Waals surface area contributed by atoms with Crippen molar-refractivity contribution >= 4 is 5.57 Å². The van der Waals surface area contributed by atoms with Crippen LogP contribution in [0.25, 0.3) is 5.57 Å². The summed E-state index contributed by atoms with van der Waals surface area (Å²) in [5.41, 5.74) is 5.90. The molecular formula is C15H18. The summed E-state index contributed by atoms with van der Waals surface area (Å²) in [6.07, 6.45) is 3.48. The van der Waals surface area contributed by atoms with Crippen LogP contribution in [0.3, 0.4) is 0 Å². The van der Waals surface area contributed by atoms with E-state index in [0.717, 1.165) is 6.42 Å². The Kier molecular flexibility index (Phi) is 2.77. The largest absolute Gasteiger partial charge is 0.0686 e. The van der Waals surface area contributed by atoms with E-state index < -0.39 is 0 Å². The van der Waals surface area contributed by atoms with Crippen LogP contribution in [0, 0.1) is 5.92 Å². The van der Waals surface area contributed by atoms with Crippen LogP contribution in [0.5, 0.6) is 0 Å². The molecule has 0 aromatic heterocycles. The maximum absolute atomic E-state index is 2.35. The Balaban J connectivity index is 2.42. The Morgan fingerprint density at radius 1 is 1.07 bits per heavy atom. The van der Waals surface area contributed by atoms with E-state index in [4.69, 9.17) is 0 Å². The van der Waals surface area contributed by atoms with E-state index in [1.54, 1.807) is 0 Å². The highest BCUT2D eigenvalue weighted by molar-refractivity contribution is 5.76. The highest BCUT2D eigenvalue weighted by Gasteiger charge is 2.16. The Morgan fingerprint density at radius 3 is 2.33 bits per heavy atom. The third-order valence-corrected chi connectivity index (χ3v) is 2.95. The molecule has 0 heterocycles. The smallest absolute Gasteiger partial charge is 0.00579 e. The van der Waals surface area contributed by atoms with E-state index in [9.17, 15) is 0 Å². The number of rotatable bonds is 2. The molecule has 1 aromatic rings. The van der Waals surface area contributed by atoms with Crippen LogP contribution >= 0.6 is 0 Å². The molecule has 0 heteroatoms. The average Bonchev–Trinajstić information content (AvgIpc) is 2.62. The Bertz CT molecular complexity index is 405.